The molecule has 5 rings (SSSR count). The van der Waals surface area contributed by atoms with Crippen LogP contribution in [0.3, 0.4) is 0 Å². The zero-order valence-electron chi connectivity index (χ0n) is 20.4. The summed E-state index contributed by atoms with van der Waals surface area (Å²) in [5.74, 6) is 1.26. The van der Waals surface area contributed by atoms with E-state index in [0.717, 1.165) is 11.3 Å². The Labute approximate surface area is 217 Å². The van der Waals surface area contributed by atoms with E-state index in [0.29, 0.717) is 29.1 Å². The highest BCUT2D eigenvalue weighted by Crippen LogP contribution is 2.35. The Hall–Kier alpha value is -4.46. The summed E-state index contributed by atoms with van der Waals surface area (Å²) in [5.41, 5.74) is 3.02. The monoisotopic (exact) mass is 533 g/mol. The van der Waals surface area contributed by atoms with Crippen molar-refractivity contribution in [3.05, 3.63) is 78.2 Å². The molecule has 5 aromatic rings. The Morgan fingerprint density at radius 3 is 2.37 bits per heavy atom. The molecule has 0 saturated carbocycles. The van der Waals surface area contributed by atoms with Crippen LogP contribution in [0.15, 0.2) is 76.1 Å². The number of benzene rings is 3. The minimum Gasteiger partial charge on any atom is -0.497 e. The van der Waals surface area contributed by atoms with Gasteiger partial charge in [0.2, 0.25) is 21.7 Å². The summed E-state index contributed by atoms with van der Waals surface area (Å²) >= 11 is 0. The average molecular weight is 534 g/mol. The van der Waals surface area contributed by atoms with Crippen LogP contribution in [0.25, 0.3) is 33.9 Å². The van der Waals surface area contributed by atoms with Crippen LogP contribution >= 0.6 is 0 Å². The summed E-state index contributed by atoms with van der Waals surface area (Å²) in [6.45, 7) is 1.85. The van der Waals surface area contributed by atoms with Gasteiger partial charge in [-0.2, -0.15) is 9.78 Å². The molecule has 0 radical (unpaired) electrons. The molecule has 0 bridgehead atoms. The van der Waals surface area contributed by atoms with Crippen LogP contribution in [-0.4, -0.2) is 51.0 Å². The lowest BCUT2D eigenvalue weighted by Gasteiger charge is -2.11. The van der Waals surface area contributed by atoms with E-state index >= 15 is 0 Å². The number of hydrogen-bond donors (Lipinski definition) is 2. The topological polar surface area (TPSA) is 172 Å². The average Bonchev–Trinajstić information content (AvgIpc) is 3.59. The summed E-state index contributed by atoms with van der Waals surface area (Å²) in [4.78, 5) is 5.43. The number of aromatic nitrogens is 6. The molecule has 0 fully saturated rings. The van der Waals surface area contributed by atoms with Crippen LogP contribution in [0.1, 0.15) is 24.5 Å². The molecular formula is C25H23N7O5S. The van der Waals surface area contributed by atoms with Gasteiger partial charge in [-0.15, -0.1) is 10.2 Å². The predicted octanol–water partition coefficient (Wildman–Crippen LogP) is 2.81. The molecule has 0 aliphatic carbocycles. The third-order valence-electron chi connectivity index (χ3n) is 5.75. The van der Waals surface area contributed by atoms with Crippen LogP contribution in [0.4, 0.5) is 0 Å². The summed E-state index contributed by atoms with van der Waals surface area (Å²) in [6.07, 6.45) is -0.885. The Morgan fingerprint density at radius 2 is 1.74 bits per heavy atom. The number of primary sulfonamides is 1. The first-order chi connectivity index (χ1) is 18.2. The predicted molar refractivity (Wildman–Crippen MR) is 136 cm³/mol. The van der Waals surface area contributed by atoms with E-state index < -0.39 is 16.1 Å². The van der Waals surface area contributed by atoms with Crippen molar-refractivity contribution in [1.82, 2.24) is 30.3 Å². The van der Waals surface area contributed by atoms with Gasteiger partial charge in [0.05, 0.1) is 24.1 Å². The van der Waals surface area contributed by atoms with Crippen LogP contribution < -0.4 is 9.88 Å². The van der Waals surface area contributed by atoms with Crippen molar-refractivity contribution in [1.29, 1.82) is 0 Å². The number of nitrogens with two attached hydrogens (primary N) is 1. The fraction of sp³-hybridized carbons (Fsp3) is 0.160. The van der Waals surface area contributed by atoms with Gasteiger partial charge in [-0.1, -0.05) is 53.7 Å². The van der Waals surface area contributed by atoms with Gasteiger partial charge < -0.3 is 14.4 Å². The van der Waals surface area contributed by atoms with Crippen LogP contribution in [0.5, 0.6) is 5.75 Å². The number of methoxy groups -OCH3 is 1. The molecule has 1 atom stereocenters. The molecule has 3 aromatic carbocycles. The molecule has 0 aliphatic heterocycles. The third kappa shape index (κ3) is 5.16. The van der Waals surface area contributed by atoms with Gasteiger partial charge in [-0.05, 0) is 47.0 Å². The molecule has 0 aliphatic rings. The molecule has 0 unspecified atom stereocenters. The maximum absolute atomic E-state index is 12.5. The van der Waals surface area contributed by atoms with E-state index in [1.807, 2.05) is 24.3 Å². The third-order valence-corrected chi connectivity index (χ3v) is 6.70. The molecule has 0 amide bonds. The molecule has 13 heteroatoms. The smallest absolute Gasteiger partial charge is 0.255 e. The van der Waals surface area contributed by atoms with Gasteiger partial charge in [0, 0.05) is 5.56 Å². The van der Waals surface area contributed by atoms with E-state index in [1.165, 1.54) is 17.8 Å². The fourth-order valence-electron chi connectivity index (χ4n) is 3.86. The zero-order chi connectivity index (χ0) is 26.9. The van der Waals surface area contributed by atoms with Crippen molar-refractivity contribution >= 4 is 10.0 Å². The second-order valence-corrected chi connectivity index (χ2v) is 9.95. The standard InChI is InChI=1S/C25H23N7O5S/c1-15(33)25-27-23(30-37-25)18-10-8-17(9-11-18)20-4-3-5-21(38(26,34)35)22(20)24-28-31-32(29-24)14-16-6-12-19(36-2)13-7-16/h3-13,15,33H,14H2,1-2H3,(H2,26,34,35)/t15-/m0/s1. The van der Waals surface area contributed by atoms with E-state index in [2.05, 4.69) is 25.6 Å². The van der Waals surface area contributed by atoms with Gasteiger partial charge in [-0.25, -0.2) is 13.6 Å². The zero-order valence-corrected chi connectivity index (χ0v) is 21.2. The van der Waals surface area contributed by atoms with Crippen LogP contribution in [0.2, 0.25) is 0 Å². The highest BCUT2D eigenvalue weighted by molar-refractivity contribution is 7.89. The highest BCUT2D eigenvalue weighted by Gasteiger charge is 2.23. The molecule has 194 valence electrons. The van der Waals surface area contributed by atoms with E-state index in [-0.39, 0.29) is 22.2 Å². The number of ether oxygens (including phenoxy) is 1. The van der Waals surface area contributed by atoms with Crippen molar-refractivity contribution in [3.8, 4) is 39.7 Å². The maximum atomic E-state index is 12.5. The number of aliphatic hydroxyl groups excluding tert-OH is 1. The van der Waals surface area contributed by atoms with E-state index in [9.17, 15) is 13.5 Å². The van der Waals surface area contributed by atoms with Gasteiger partial charge in [0.25, 0.3) is 5.89 Å². The second kappa shape index (κ2) is 10.1. The van der Waals surface area contributed by atoms with Gasteiger partial charge in [0.1, 0.15) is 11.9 Å². The molecule has 3 N–H and O–H groups in total. The first-order valence-electron chi connectivity index (χ1n) is 11.4. The summed E-state index contributed by atoms with van der Waals surface area (Å²) < 4.78 is 35.2. The van der Waals surface area contributed by atoms with Gasteiger partial charge >= 0.3 is 0 Å². The quantitative estimate of drug-likeness (QED) is 0.302. The molecule has 38 heavy (non-hydrogen) atoms. The molecule has 2 heterocycles. The Kier molecular flexibility index (Phi) is 6.72. The Morgan fingerprint density at radius 1 is 1.03 bits per heavy atom. The largest absolute Gasteiger partial charge is 0.497 e. The van der Waals surface area contributed by atoms with Crippen molar-refractivity contribution in [2.75, 3.05) is 7.11 Å². The second-order valence-electron chi connectivity index (χ2n) is 8.42. The molecule has 2 aromatic heterocycles. The fourth-order valence-corrected chi connectivity index (χ4v) is 4.62. The SMILES string of the molecule is COc1ccc(Cn2nnc(-c3c(-c4ccc(-c5noc([C@H](C)O)n5)cc4)cccc3S(N)(=O)=O)n2)cc1. The lowest BCUT2D eigenvalue weighted by Crippen LogP contribution is -2.14. The lowest BCUT2D eigenvalue weighted by atomic mass is 9.98. The number of aliphatic hydroxyl groups is 1. The van der Waals surface area contributed by atoms with Crippen molar-refractivity contribution in [2.24, 2.45) is 5.14 Å². The molecule has 12 nitrogen and oxygen atoms in total. The van der Waals surface area contributed by atoms with E-state index in [1.54, 1.807) is 43.5 Å². The minimum atomic E-state index is -4.11. The van der Waals surface area contributed by atoms with Crippen molar-refractivity contribution in [2.45, 2.75) is 24.5 Å². The number of tetrazole rings is 1. The summed E-state index contributed by atoms with van der Waals surface area (Å²) in [7, 11) is -2.52. The minimum absolute atomic E-state index is 0.107. The summed E-state index contributed by atoms with van der Waals surface area (Å²) in [5, 5.41) is 31.8. The van der Waals surface area contributed by atoms with Gasteiger partial charge in [-0.3, -0.25) is 0 Å². The Bertz CT molecular complexity index is 1680. The van der Waals surface area contributed by atoms with Crippen molar-refractivity contribution < 1.29 is 22.8 Å². The van der Waals surface area contributed by atoms with Crippen molar-refractivity contribution in [3.63, 3.8) is 0 Å². The highest BCUT2D eigenvalue weighted by atomic mass is 32.2. The number of nitrogens with zero attached hydrogens (tertiary/aromatic N) is 6. The van der Waals surface area contributed by atoms with Gasteiger partial charge in [0.15, 0.2) is 0 Å². The molecule has 0 saturated heterocycles. The first kappa shape index (κ1) is 25.2. The lowest BCUT2D eigenvalue weighted by molar-refractivity contribution is 0.152. The Balaban J connectivity index is 1.52. The first-order valence-corrected chi connectivity index (χ1v) is 13.0. The normalized spacial score (nSPS) is 12.4. The number of sulfonamides is 1. The van der Waals surface area contributed by atoms with Crippen LogP contribution in [0, 0.1) is 0 Å². The maximum Gasteiger partial charge on any atom is 0.255 e. The number of hydrogen-bond acceptors (Lipinski definition) is 10. The molecular weight excluding hydrogens is 510 g/mol. The molecule has 0 spiro atoms. The summed E-state index contributed by atoms with van der Waals surface area (Å²) in [6, 6.07) is 19.2. The van der Waals surface area contributed by atoms with Crippen LogP contribution in [-0.2, 0) is 16.6 Å². The van der Waals surface area contributed by atoms with E-state index in [4.69, 9.17) is 14.4 Å². The number of rotatable bonds is 8.